The van der Waals surface area contributed by atoms with Gasteiger partial charge in [0.05, 0.1) is 32.0 Å². The third-order valence-corrected chi connectivity index (χ3v) is 12.1. The van der Waals surface area contributed by atoms with Crippen LogP contribution in [0.4, 0.5) is 0 Å². The van der Waals surface area contributed by atoms with Crippen LogP contribution in [0.5, 0.6) is 0 Å². The second-order valence-corrected chi connectivity index (χ2v) is 17.6. The molecular formula is C48H89NO13. The summed E-state index contributed by atoms with van der Waals surface area (Å²) in [6, 6.07) is -0.914. The molecule has 12 atom stereocenters. The third kappa shape index (κ3) is 23.1. The molecule has 14 nitrogen and oxygen atoms in total. The summed E-state index contributed by atoms with van der Waals surface area (Å²) in [5.74, 6) is -0.250. The predicted octanol–water partition coefficient (Wildman–Crippen LogP) is 5.77. The fraction of sp³-hybridized carbons (Fsp3) is 0.896. The van der Waals surface area contributed by atoms with E-state index in [1.807, 2.05) is 6.08 Å². The number of aliphatic hydroxyl groups excluding tert-OH is 8. The molecule has 2 fully saturated rings. The molecular weight excluding hydrogens is 799 g/mol. The van der Waals surface area contributed by atoms with E-state index in [-0.39, 0.29) is 18.9 Å². The summed E-state index contributed by atoms with van der Waals surface area (Å²) in [5.41, 5.74) is 0. The third-order valence-electron chi connectivity index (χ3n) is 12.1. The molecule has 1 amide bonds. The number of aliphatic hydroxyl groups is 8. The van der Waals surface area contributed by atoms with Crippen molar-refractivity contribution in [2.75, 3.05) is 19.8 Å². The highest BCUT2D eigenvalue weighted by Gasteiger charge is 2.51. The van der Waals surface area contributed by atoms with Gasteiger partial charge in [0, 0.05) is 6.42 Å². The lowest BCUT2D eigenvalue weighted by atomic mass is 9.97. The van der Waals surface area contributed by atoms with E-state index in [0.717, 1.165) is 57.8 Å². The number of hydrogen-bond donors (Lipinski definition) is 9. The van der Waals surface area contributed by atoms with Gasteiger partial charge in [-0.1, -0.05) is 154 Å². The van der Waals surface area contributed by atoms with E-state index in [4.69, 9.17) is 18.9 Å². The monoisotopic (exact) mass is 888 g/mol. The topological polar surface area (TPSA) is 228 Å². The van der Waals surface area contributed by atoms with Gasteiger partial charge in [0.2, 0.25) is 5.91 Å². The Bertz CT molecular complexity index is 1140. The molecule has 0 spiro atoms. The second-order valence-electron chi connectivity index (χ2n) is 17.6. The maximum Gasteiger partial charge on any atom is 0.220 e. The quantitative estimate of drug-likeness (QED) is 0.0267. The summed E-state index contributed by atoms with van der Waals surface area (Å²) in [5, 5.41) is 86.6. The van der Waals surface area contributed by atoms with Crippen LogP contribution < -0.4 is 5.32 Å². The lowest BCUT2D eigenvalue weighted by Crippen LogP contribution is -2.65. The van der Waals surface area contributed by atoms with Crippen molar-refractivity contribution >= 4 is 5.91 Å². The van der Waals surface area contributed by atoms with E-state index < -0.39 is 86.8 Å². The van der Waals surface area contributed by atoms with Crippen molar-refractivity contribution in [3.8, 4) is 0 Å². The number of amides is 1. The number of allylic oxidation sites excluding steroid dienone is 3. The molecule has 2 rings (SSSR count). The Labute approximate surface area is 373 Å². The molecule has 14 heteroatoms. The number of hydrogen-bond acceptors (Lipinski definition) is 13. The van der Waals surface area contributed by atoms with Crippen LogP contribution in [0.15, 0.2) is 24.3 Å². The lowest BCUT2D eigenvalue weighted by molar-refractivity contribution is -0.359. The van der Waals surface area contributed by atoms with Crippen LogP contribution in [0.3, 0.4) is 0 Å². The highest BCUT2D eigenvalue weighted by atomic mass is 16.7. The van der Waals surface area contributed by atoms with Gasteiger partial charge in [-0.15, -0.1) is 0 Å². The molecule has 0 saturated carbocycles. The summed E-state index contributed by atoms with van der Waals surface area (Å²) >= 11 is 0. The van der Waals surface area contributed by atoms with E-state index in [9.17, 15) is 45.6 Å². The zero-order valence-corrected chi connectivity index (χ0v) is 38.4. The van der Waals surface area contributed by atoms with Crippen LogP contribution in [-0.2, 0) is 23.7 Å². The van der Waals surface area contributed by atoms with Crippen LogP contribution >= 0.6 is 0 Å². The summed E-state index contributed by atoms with van der Waals surface area (Å²) < 4.78 is 22.6. The van der Waals surface area contributed by atoms with E-state index in [1.165, 1.54) is 96.3 Å². The summed E-state index contributed by atoms with van der Waals surface area (Å²) in [4.78, 5) is 13.1. The van der Waals surface area contributed by atoms with Gasteiger partial charge in [0.1, 0.15) is 48.8 Å². The average molecular weight is 888 g/mol. The number of nitrogens with one attached hydrogen (secondary N) is 1. The van der Waals surface area contributed by atoms with Gasteiger partial charge in [0.25, 0.3) is 0 Å². The Morgan fingerprint density at radius 3 is 1.53 bits per heavy atom. The second kappa shape index (κ2) is 35.7. The molecule has 9 N–H and O–H groups in total. The van der Waals surface area contributed by atoms with E-state index in [2.05, 4.69) is 31.3 Å². The van der Waals surface area contributed by atoms with Gasteiger partial charge in [-0.2, -0.15) is 0 Å². The Morgan fingerprint density at radius 1 is 0.565 bits per heavy atom. The molecule has 62 heavy (non-hydrogen) atoms. The van der Waals surface area contributed by atoms with Gasteiger partial charge >= 0.3 is 0 Å². The minimum absolute atomic E-state index is 0.250. The molecule has 0 bridgehead atoms. The minimum Gasteiger partial charge on any atom is -0.394 e. The Morgan fingerprint density at radius 2 is 1.02 bits per heavy atom. The Balaban J connectivity index is 1.88. The fourth-order valence-electron chi connectivity index (χ4n) is 8.05. The predicted molar refractivity (Wildman–Crippen MR) is 240 cm³/mol. The lowest BCUT2D eigenvalue weighted by Gasteiger charge is -2.46. The first-order valence-corrected chi connectivity index (χ1v) is 24.6. The first-order chi connectivity index (χ1) is 30.1. The van der Waals surface area contributed by atoms with Gasteiger partial charge in [0.15, 0.2) is 12.6 Å². The van der Waals surface area contributed by atoms with Crippen molar-refractivity contribution in [3.63, 3.8) is 0 Å². The summed E-state index contributed by atoms with van der Waals surface area (Å²) in [6.07, 6.45) is 20.7. The SMILES string of the molecule is CCCCCCCC/C=C\CCCCCCCC(=O)N[C@@H](CO[C@@H]1O[C@H](CO)[C@@H](O[C@@H]2O[C@H](CO)[C@H](O)[C@H](O)[C@H]2O)[C@H](O)[C@H]1O)[C@H](O)/C=C/CCCCCCCCCCCCC. The molecule has 2 aliphatic heterocycles. The van der Waals surface area contributed by atoms with Crippen molar-refractivity contribution < 1.29 is 64.6 Å². The first kappa shape index (κ1) is 56.6. The summed E-state index contributed by atoms with van der Waals surface area (Å²) in [7, 11) is 0. The standard InChI is InChI=1S/C48H89NO13/c1-3-5-7-9-11-13-15-17-18-20-22-24-26-28-30-32-40(53)49-36(37(52)31-29-27-25-23-21-19-16-14-12-10-8-6-4-2)35-59-47-45(58)43(56)46(39(34-51)61-47)62-48-44(57)42(55)41(54)38(33-50)60-48/h17-18,29,31,36-39,41-48,50-52,54-58H,3-16,19-28,30,32-35H2,1-2H3,(H,49,53)/b18-17-,31-29+/t36-,37+,38+,39+,41-,42-,43+,44+,45+,46+,47+,48-/m0/s1. The van der Waals surface area contributed by atoms with Crippen LogP contribution in [0, 0.1) is 0 Å². The van der Waals surface area contributed by atoms with Gasteiger partial charge in [-0.25, -0.2) is 0 Å². The molecule has 0 aliphatic carbocycles. The molecule has 0 aromatic carbocycles. The highest BCUT2D eigenvalue weighted by Crippen LogP contribution is 2.30. The normalized spacial score (nSPS) is 27.9. The van der Waals surface area contributed by atoms with Crippen molar-refractivity contribution in [2.24, 2.45) is 0 Å². The zero-order chi connectivity index (χ0) is 45.4. The van der Waals surface area contributed by atoms with Crippen molar-refractivity contribution in [1.82, 2.24) is 5.32 Å². The highest BCUT2D eigenvalue weighted by molar-refractivity contribution is 5.76. The maximum absolute atomic E-state index is 13.1. The fourth-order valence-corrected chi connectivity index (χ4v) is 8.05. The van der Waals surface area contributed by atoms with Crippen LogP contribution in [-0.4, -0.2) is 140 Å². The minimum atomic E-state index is -1.79. The number of unbranched alkanes of at least 4 members (excludes halogenated alkanes) is 22. The Hall–Kier alpha value is -1.53. The summed E-state index contributed by atoms with van der Waals surface area (Å²) in [6.45, 7) is 2.76. The largest absolute Gasteiger partial charge is 0.394 e. The van der Waals surface area contributed by atoms with Crippen molar-refractivity contribution in [2.45, 2.75) is 254 Å². The number of rotatable bonds is 37. The van der Waals surface area contributed by atoms with E-state index in [1.54, 1.807) is 6.08 Å². The molecule has 0 aromatic heterocycles. The van der Waals surface area contributed by atoms with Gasteiger partial charge in [-0.3, -0.25) is 4.79 Å². The van der Waals surface area contributed by atoms with Crippen molar-refractivity contribution in [3.05, 3.63) is 24.3 Å². The van der Waals surface area contributed by atoms with Crippen LogP contribution in [0.1, 0.15) is 181 Å². The van der Waals surface area contributed by atoms with Crippen LogP contribution in [0.25, 0.3) is 0 Å². The number of ether oxygens (including phenoxy) is 4. The van der Waals surface area contributed by atoms with Gasteiger partial charge in [-0.05, 0) is 44.9 Å². The molecule has 2 aliphatic rings. The van der Waals surface area contributed by atoms with Gasteiger partial charge < -0.3 is 65.1 Å². The zero-order valence-electron chi connectivity index (χ0n) is 38.4. The number of carbonyl (C=O) groups excluding carboxylic acids is 1. The maximum atomic E-state index is 13.1. The average Bonchev–Trinajstić information content (AvgIpc) is 3.27. The molecule has 2 heterocycles. The molecule has 0 unspecified atom stereocenters. The van der Waals surface area contributed by atoms with E-state index in [0.29, 0.717) is 6.42 Å². The van der Waals surface area contributed by atoms with Crippen LogP contribution in [0.2, 0.25) is 0 Å². The first-order valence-electron chi connectivity index (χ1n) is 24.6. The molecule has 2 saturated heterocycles. The Kier molecular flexibility index (Phi) is 32.6. The smallest absolute Gasteiger partial charge is 0.220 e. The molecule has 0 radical (unpaired) electrons. The number of carbonyl (C=O) groups is 1. The van der Waals surface area contributed by atoms with Crippen molar-refractivity contribution in [1.29, 1.82) is 0 Å². The van der Waals surface area contributed by atoms with E-state index >= 15 is 0 Å². The molecule has 364 valence electrons. The molecule has 0 aromatic rings.